The molecule has 0 aromatic rings. The number of carbonyl (C=O) groups is 2. The quantitative estimate of drug-likeness (QED) is 0.0195. The second-order valence-electron chi connectivity index (χ2n) is 21.7. The van der Waals surface area contributed by atoms with E-state index in [9.17, 15) is 19.0 Å². The number of likely N-dealkylation sites (N-methyl/N-ethyl adjacent to an activating group) is 1. The number of allylic oxidation sites excluding steroid dienone is 20. The summed E-state index contributed by atoms with van der Waals surface area (Å²) in [5.74, 6) is -0.902. The number of ether oxygens (including phenoxy) is 2. The number of phosphoric ester groups is 1. The zero-order chi connectivity index (χ0) is 57.0. The summed E-state index contributed by atoms with van der Waals surface area (Å²) < 4.78 is 34.1. The van der Waals surface area contributed by atoms with Crippen LogP contribution in [-0.4, -0.2) is 70.0 Å². The Morgan fingerprint density at radius 3 is 1.06 bits per heavy atom. The van der Waals surface area contributed by atoms with Crippen LogP contribution in [0.4, 0.5) is 0 Å². The fourth-order valence-electron chi connectivity index (χ4n) is 8.25. The van der Waals surface area contributed by atoms with Crippen LogP contribution < -0.4 is 4.89 Å². The lowest BCUT2D eigenvalue weighted by Gasteiger charge is -2.28. The molecule has 0 fully saturated rings. The van der Waals surface area contributed by atoms with Crippen LogP contribution in [0.3, 0.4) is 0 Å². The first-order chi connectivity index (χ1) is 38.0. The van der Waals surface area contributed by atoms with E-state index in [0.717, 1.165) is 89.9 Å². The maximum Gasteiger partial charge on any atom is 0.306 e. The second-order valence-corrected chi connectivity index (χ2v) is 23.1. The molecular weight excluding hydrogens is 990 g/mol. The molecule has 0 saturated heterocycles. The number of quaternary nitrogens is 1. The Kier molecular flexibility index (Phi) is 55.4. The zero-order valence-electron chi connectivity index (χ0n) is 50.6. The Morgan fingerprint density at radius 1 is 0.397 bits per heavy atom. The van der Waals surface area contributed by atoms with E-state index in [1.807, 2.05) is 21.1 Å². The molecule has 0 amide bonds. The fourth-order valence-corrected chi connectivity index (χ4v) is 8.98. The molecule has 0 aliphatic heterocycles. The molecule has 0 spiro atoms. The minimum atomic E-state index is -4.65. The van der Waals surface area contributed by atoms with Crippen molar-refractivity contribution in [2.45, 2.75) is 251 Å². The molecule has 9 nitrogen and oxygen atoms in total. The predicted octanol–water partition coefficient (Wildman–Crippen LogP) is 19.3. The van der Waals surface area contributed by atoms with E-state index in [2.05, 4.69) is 135 Å². The molecule has 78 heavy (non-hydrogen) atoms. The lowest BCUT2D eigenvalue weighted by Crippen LogP contribution is -2.37. The summed E-state index contributed by atoms with van der Waals surface area (Å²) >= 11 is 0. The molecule has 0 N–H and O–H groups in total. The van der Waals surface area contributed by atoms with Gasteiger partial charge in [0.05, 0.1) is 27.7 Å². The second kappa shape index (κ2) is 58.1. The Balaban J connectivity index is 4.04. The Labute approximate surface area is 479 Å². The normalized spacial score (nSPS) is 14.1. The molecule has 2 unspecified atom stereocenters. The number of phosphoric acid groups is 1. The van der Waals surface area contributed by atoms with Gasteiger partial charge in [0.2, 0.25) is 0 Å². The van der Waals surface area contributed by atoms with Crippen LogP contribution in [0.15, 0.2) is 122 Å². The number of hydrogen-bond donors (Lipinski definition) is 0. The molecule has 2 atom stereocenters. The third-order valence-electron chi connectivity index (χ3n) is 13.0. The third kappa shape index (κ3) is 61.6. The largest absolute Gasteiger partial charge is 0.756 e. The highest BCUT2D eigenvalue weighted by Gasteiger charge is 2.21. The van der Waals surface area contributed by atoms with E-state index in [1.54, 1.807) is 0 Å². The maximum atomic E-state index is 12.8. The van der Waals surface area contributed by atoms with Gasteiger partial charge in [-0.15, -0.1) is 0 Å². The van der Waals surface area contributed by atoms with Gasteiger partial charge in [-0.3, -0.25) is 14.2 Å². The number of esters is 2. The first-order valence-electron chi connectivity index (χ1n) is 31.2. The number of hydrogen-bond acceptors (Lipinski definition) is 8. The first kappa shape index (κ1) is 74.4. The van der Waals surface area contributed by atoms with Crippen LogP contribution in [0, 0.1) is 0 Å². The summed E-state index contributed by atoms with van der Waals surface area (Å²) in [6, 6.07) is 0. The van der Waals surface area contributed by atoms with Crippen LogP contribution in [0.25, 0.3) is 0 Å². The van der Waals surface area contributed by atoms with E-state index >= 15 is 0 Å². The van der Waals surface area contributed by atoms with E-state index in [4.69, 9.17) is 18.5 Å². The van der Waals surface area contributed by atoms with Gasteiger partial charge >= 0.3 is 11.9 Å². The average Bonchev–Trinajstić information content (AvgIpc) is 3.41. The minimum Gasteiger partial charge on any atom is -0.756 e. The van der Waals surface area contributed by atoms with Crippen molar-refractivity contribution in [3.05, 3.63) is 122 Å². The molecule has 0 saturated carbocycles. The summed E-state index contributed by atoms with van der Waals surface area (Å²) in [4.78, 5) is 37.8. The average molecular weight is 1110 g/mol. The monoisotopic (exact) mass is 1110 g/mol. The summed E-state index contributed by atoms with van der Waals surface area (Å²) in [6.07, 6.45) is 82.9. The molecule has 0 aliphatic carbocycles. The SMILES string of the molecule is CC/C=C\C/C=C\C/C=C\C/C=C\C/C=C\CCCCCCCCCCCCCCCCCCCCCCCC(=O)OC(COC(=O)CCC/C=C\C/C=C\C/C=C\C/C=C\C/C=C\CC)COP(=O)([O-])OCC[N+](C)(C)C. The standard InChI is InChI=1S/C68H116NO8P/c1-6-8-10-12-14-16-18-20-22-24-25-26-27-28-29-30-31-32-33-34-35-36-37-38-39-40-41-42-43-45-47-49-51-53-55-57-59-61-68(71)77-66(65-76-78(72,73)75-63-62-69(3,4)5)64-74-67(70)60-58-56-54-52-50-48-46-44-23-21-19-17-15-13-11-9-7-2/h8-11,14-17,20-23,25-26,28-29,46,48,52,54,66H,6-7,12-13,18-19,24,27,30-45,47,49-51,53,55-65H2,1-5H3/b10-8-,11-9-,16-14-,17-15-,22-20-,23-21-,26-25-,29-28-,48-46-,54-52-. The van der Waals surface area contributed by atoms with Crippen molar-refractivity contribution in [3.63, 3.8) is 0 Å². The third-order valence-corrected chi connectivity index (χ3v) is 13.9. The molecule has 0 rings (SSSR count). The molecule has 0 bridgehead atoms. The fraction of sp³-hybridized carbons (Fsp3) is 0.676. The van der Waals surface area contributed by atoms with Crippen molar-refractivity contribution < 1.29 is 42.1 Å². The van der Waals surface area contributed by atoms with Gasteiger partial charge in [0.1, 0.15) is 19.8 Å². The number of rotatable bonds is 56. The van der Waals surface area contributed by atoms with Crippen molar-refractivity contribution in [1.82, 2.24) is 0 Å². The number of carbonyl (C=O) groups excluding carboxylic acids is 2. The summed E-state index contributed by atoms with van der Waals surface area (Å²) in [6.45, 7) is 3.95. The van der Waals surface area contributed by atoms with Crippen molar-refractivity contribution in [3.8, 4) is 0 Å². The van der Waals surface area contributed by atoms with Crippen molar-refractivity contribution in [2.24, 2.45) is 0 Å². The molecule has 0 aromatic carbocycles. The Bertz CT molecular complexity index is 1730. The zero-order valence-corrected chi connectivity index (χ0v) is 51.5. The van der Waals surface area contributed by atoms with Crippen LogP contribution in [0.1, 0.15) is 245 Å². The first-order valence-corrected chi connectivity index (χ1v) is 32.7. The highest BCUT2D eigenvalue weighted by Crippen LogP contribution is 2.38. The van der Waals surface area contributed by atoms with Gasteiger partial charge in [-0.1, -0.05) is 257 Å². The van der Waals surface area contributed by atoms with Crippen LogP contribution in [-0.2, 0) is 32.7 Å². The molecule has 0 aromatic heterocycles. The lowest BCUT2D eigenvalue weighted by molar-refractivity contribution is -0.870. The molecule has 0 radical (unpaired) electrons. The summed E-state index contributed by atoms with van der Waals surface area (Å²) in [5.41, 5.74) is 0. The number of nitrogens with zero attached hydrogens (tertiary/aromatic N) is 1. The number of unbranched alkanes of at least 4 members (excludes halogenated alkanes) is 22. The van der Waals surface area contributed by atoms with Crippen LogP contribution >= 0.6 is 7.82 Å². The Hall–Kier alpha value is -3.59. The van der Waals surface area contributed by atoms with Gasteiger partial charge in [-0.25, -0.2) is 0 Å². The topological polar surface area (TPSA) is 111 Å². The van der Waals surface area contributed by atoms with Gasteiger partial charge < -0.3 is 27.9 Å². The predicted molar refractivity (Wildman–Crippen MR) is 332 cm³/mol. The van der Waals surface area contributed by atoms with E-state index in [0.29, 0.717) is 23.9 Å². The van der Waals surface area contributed by atoms with E-state index in [-0.39, 0.29) is 26.1 Å². The lowest BCUT2D eigenvalue weighted by atomic mass is 10.0. The van der Waals surface area contributed by atoms with Crippen LogP contribution in [0.5, 0.6) is 0 Å². The van der Waals surface area contributed by atoms with Crippen LogP contribution in [0.2, 0.25) is 0 Å². The molecular formula is C68H116NO8P. The van der Waals surface area contributed by atoms with Gasteiger partial charge in [-0.2, -0.15) is 0 Å². The van der Waals surface area contributed by atoms with Gasteiger partial charge in [-0.05, 0) is 96.3 Å². The Morgan fingerprint density at radius 2 is 0.705 bits per heavy atom. The smallest absolute Gasteiger partial charge is 0.306 e. The maximum absolute atomic E-state index is 12.8. The minimum absolute atomic E-state index is 0.0438. The van der Waals surface area contributed by atoms with Gasteiger partial charge in [0, 0.05) is 12.8 Å². The van der Waals surface area contributed by atoms with E-state index in [1.165, 1.54) is 116 Å². The van der Waals surface area contributed by atoms with Crippen molar-refractivity contribution >= 4 is 19.8 Å². The molecule has 0 aliphatic rings. The molecule has 10 heteroatoms. The van der Waals surface area contributed by atoms with Gasteiger partial charge in [0.15, 0.2) is 6.10 Å². The van der Waals surface area contributed by atoms with Gasteiger partial charge in [0.25, 0.3) is 7.82 Å². The highest BCUT2D eigenvalue weighted by atomic mass is 31.2. The molecule has 0 heterocycles. The van der Waals surface area contributed by atoms with Crippen molar-refractivity contribution in [1.29, 1.82) is 0 Å². The summed E-state index contributed by atoms with van der Waals surface area (Å²) in [5, 5.41) is 0. The highest BCUT2D eigenvalue weighted by molar-refractivity contribution is 7.45. The summed E-state index contributed by atoms with van der Waals surface area (Å²) in [7, 11) is 1.13. The molecule has 446 valence electrons. The van der Waals surface area contributed by atoms with E-state index < -0.39 is 32.5 Å². The van der Waals surface area contributed by atoms with Crippen molar-refractivity contribution in [2.75, 3.05) is 47.5 Å².